The summed E-state index contributed by atoms with van der Waals surface area (Å²) in [7, 11) is 0. The molecule has 11 heavy (non-hydrogen) atoms. The summed E-state index contributed by atoms with van der Waals surface area (Å²) in [4.78, 5) is 2.28. The van der Waals surface area contributed by atoms with Gasteiger partial charge in [0, 0.05) is 38.8 Å². The van der Waals surface area contributed by atoms with Gasteiger partial charge >= 0.3 is 0 Å². The molecule has 0 radical (unpaired) electrons. The highest BCUT2D eigenvalue weighted by molar-refractivity contribution is 4.72. The van der Waals surface area contributed by atoms with Crippen LogP contribution in [-0.2, 0) is 0 Å². The van der Waals surface area contributed by atoms with Crippen molar-refractivity contribution < 1.29 is 5.11 Å². The van der Waals surface area contributed by atoms with E-state index >= 15 is 0 Å². The summed E-state index contributed by atoms with van der Waals surface area (Å²) < 4.78 is 0. The number of hydrogen-bond donors (Lipinski definition) is 3. The molecular formula is C7H17N3O. The van der Waals surface area contributed by atoms with E-state index in [1.165, 1.54) is 0 Å². The third-order valence-corrected chi connectivity index (χ3v) is 1.94. The van der Waals surface area contributed by atoms with Crippen LogP contribution in [0.3, 0.4) is 0 Å². The van der Waals surface area contributed by atoms with E-state index < -0.39 is 0 Å². The van der Waals surface area contributed by atoms with Crippen LogP contribution in [-0.4, -0.2) is 55.4 Å². The molecule has 1 atom stereocenters. The van der Waals surface area contributed by atoms with Crippen LogP contribution in [0.2, 0.25) is 0 Å². The number of aliphatic hydroxyl groups is 1. The third-order valence-electron chi connectivity index (χ3n) is 1.94. The van der Waals surface area contributed by atoms with Gasteiger partial charge < -0.3 is 16.2 Å². The zero-order valence-electron chi connectivity index (χ0n) is 6.79. The first-order valence-electron chi connectivity index (χ1n) is 4.12. The number of piperazine rings is 1. The van der Waals surface area contributed by atoms with Crippen LogP contribution in [0, 0.1) is 0 Å². The summed E-state index contributed by atoms with van der Waals surface area (Å²) in [6.07, 6.45) is 0. The molecule has 0 aromatic heterocycles. The van der Waals surface area contributed by atoms with Gasteiger partial charge in [0.15, 0.2) is 0 Å². The van der Waals surface area contributed by atoms with Crippen molar-refractivity contribution in [3.63, 3.8) is 0 Å². The molecular weight excluding hydrogens is 142 g/mol. The number of aliphatic hydroxyl groups excluding tert-OH is 1. The maximum atomic E-state index is 8.70. The lowest BCUT2D eigenvalue weighted by Gasteiger charge is -2.28. The molecule has 1 rings (SSSR count). The topological polar surface area (TPSA) is 61.5 Å². The molecule has 0 saturated carbocycles. The SMILES string of the molecule is NC(CO)CN1CCNCC1. The Kier molecular flexibility index (Phi) is 3.79. The summed E-state index contributed by atoms with van der Waals surface area (Å²) in [6.45, 7) is 5.08. The Morgan fingerprint density at radius 1 is 1.45 bits per heavy atom. The zero-order valence-corrected chi connectivity index (χ0v) is 6.79. The van der Waals surface area contributed by atoms with Crippen molar-refractivity contribution in [1.29, 1.82) is 0 Å². The molecule has 4 heteroatoms. The van der Waals surface area contributed by atoms with Crippen molar-refractivity contribution in [3.05, 3.63) is 0 Å². The predicted molar refractivity (Wildman–Crippen MR) is 44.4 cm³/mol. The van der Waals surface area contributed by atoms with Gasteiger partial charge in [-0.2, -0.15) is 0 Å². The van der Waals surface area contributed by atoms with Crippen LogP contribution in [0.25, 0.3) is 0 Å². The minimum Gasteiger partial charge on any atom is -0.395 e. The molecule has 1 saturated heterocycles. The van der Waals surface area contributed by atoms with Crippen LogP contribution >= 0.6 is 0 Å². The number of nitrogens with one attached hydrogen (secondary N) is 1. The van der Waals surface area contributed by atoms with Gasteiger partial charge in [0.2, 0.25) is 0 Å². The highest BCUT2D eigenvalue weighted by Crippen LogP contribution is 1.92. The Hall–Kier alpha value is -0.160. The van der Waals surface area contributed by atoms with Crippen molar-refractivity contribution in [2.45, 2.75) is 6.04 Å². The molecule has 0 bridgehead atoms. The van der Waals surface area contributed by atoms with E-state index in [4.69, 9.17) is 10.8 Å². The minimum atomic E-state index is -0.0758. The Morgan fingerprint density at radius 2 is 2.09 bits per heavy atom. The number of nitrogens with zero attached hydrogens (tertiary/aromatic N) is 1. The highest BCUT2D eigenvalue weighted by Gasteiger charge is 2.11. The summed E-state index contributed by atoms with van der Waals surface area (Å²) in [5, 5.41) is 12.0. The molecule has 0 amide bonds. The molecule has 66 valence electrons. The fourth-order valence-electron chi connectivity index (χ4n) is 1.28. The minimum absolute atomic E-state index is 0.0758. The summed E-state index contributed by atoms with van der Waals surface area (Å²) in [5.74, 6) is 0. The second-order valence-corrected chi connectivity index (χ2v) is 2.99. The summed E-state index contributed by atoms with van der Waals surface area (Å²) >= 11 is 0. The van der Waals surface area contributed by atoms with E-state index in [-0.39, 0.29) is 12.6 Å². The van der Waals surface area contributed by atoms with Crippen molar-refractivity contribution >= 4 is 0 Å². The lowest BCUT2D eigenvalue weighted by molar-refractivity contribution is 0.187. The fourth-order valence-corrected chi connectivity index (χ4v) is 1.28. The van der Waals surface area contributed by atoms with Crippen LogP contribution in [0.4, 0.5) is 0 Å². The average molecular weight is 159 g/mol. The van der Waals surface area contributed by atoms with E-state index in [9.17, 15) is 0 Å². The Labute approximate surface area is 67.4 Å². The van der Waals surface area contributed by atoms with Gasteiger partial charge in [-0.15, -0.1) is 0 Å². The molecule has 1 unspecified atom stereocenters. The zero-order chi connectivity index (χ0) is 8.10. The van der Waals surface area contributed by atoms with Crippen molar-refractivity contribution in [1.82, 2.24) is 10.2 Å². The van der Waals surface area contributed by atoms with Gasteiger partial charge in [0.05, 0.1) is 6.61 Å². The predicted octanol–water partition coefficient (Wildman–Crippen LogP) is -1.79. The first-order valence-corrected chi connectivity index (χ1v) is 4.12. The quantitative estimate of drug-likeness (QED) is 0.455. The number of rotatable bonds is 3. The van der Waals surface area contributed by atoms with Crippen LogP contribution < -0.4 is 11.1 Å². The Bertz CT molecular complexity index is 104. The molecule has 0 aliphatic carbocycles. The fraction of sp³-hybridized carbons (Fsp3) is 1.00. The molecule has 0 spiro atoms. The lowest BCUT2D eigenvalue weighted by atomic mass is 10.3. The van der Waals surface area contributed by atoms with Crippen molar-refractivity contribution in [3.8, 4) is 0 Å². The summed E-state index contributed by atoms with van der Waals surface area (Å²) in [6, 6.07) is -0.0758. The first-order chi connectivity index (χ1) is 5.33. The van der Waals surface area contributed by atoms with Gasteiger partial charge in [0.25, 0.3) is 0 Å². The van der Waals surface area contributed by atoms with Gasteiger partial charge in [-0.05, 0) is 0 Å². The average Bonchev–Trinajstić information content (AvgIpc) is 2.06. The number of hydrogen-bond acceptors (Lipinski definition) is 4. The maximum absolute atomic E-state index is 8.70. The van der Waals surface area contributed by atoms with E-state index in [0.717, 1.165) is 32.7 Å². The molecule has 4 N–H and O–H groups in total. The maximum Gasteiger partial charge on any atom is 0.0595 e. The molecule has 4 nitrogen and oxygen atoms in total. The van der Waals surface area contributed by atoms with E-state index in [1.54, 1.807) is 0 Å². The normalized spacial score (nSPS) is 23.5. The Balaban J connectivity index is 2.13. The highest BCUT2D eigenvalue weighted by atomic mass is 16.3. The molecule has 0 aromatic rings. The third kappa shape index (κ3) is 3.16. The van der Waals surface area contributed by atoms with Crippen molar-refractivity contribution in [2.24, 2.45) is 5.73 Å². The van der Waals surface area contributed by atoms with Gasteiger partial charge in [-0.1, -0.05) is 0 Å². The lowest BCUT2D eigenvalue weighted by Crippen LogP contribution is -2.48. The van der Waals surface area contributed by atoms with Crippen LogP contribution in [0.5, 0.6) is 0 Å². The molecule has 1 heterocycles. The Morgan fingerprint density at radius 3 is 2.64 bits per heavy atom. The van der Waals surface area contributed by atoms with E-state index in [1.807, 2.05) is 0 Å². The second kappa shape index (κ2) is 4.66. The second-order valence-electron chi connectivity index (χ2n) is 2.99. The van der Waals surface area contributed by atoms with Crippen LogP contribution in [0.1, 0.15) is 0 Å². The summed E-state index contributed by atoms with van der Waals surface area (Å²) in [5.41, 5.74) is 5.59. The molecule has 1 fully saturated rings. The monoisotopic (exact) mass is 159 g/mol. The molecule has 0 aromatic carbocycles. The first kappa shape index (κ1) is 8.93. The largest absolute Gasteiger partial charge is 0.395 e. The van der Waals surface area contributed by atoms with Gasteiger partial charge in [-0.25, -0.2) is 0 Å². The standard InChI is InChI=1S/C7H17N3O/c8-7(6-11)5-10-3-1-9-2-4-10/h7,9,11H,1-6,8H2. The van der Waals surface area contributed by atoms with Gasteiger partial charge in [-0.3, -0.25) is 4.90 Å². The molecule has 1 aliphatic heterocycles. The molecule has 1 aliphatic rings. The van der Waals surface area contributed by atoms with E-state index in [2.05, 4.69) is 10.2 Å². The van der Waals surface area contributed by atoms with Crippen LogP contribution in [0.15, 0.2) is 0 Å². The number of nitrogens with two attached hydrogens (primary N) is 1. The smallest absolute Gasteiger partial charge is 0.0595 e. The van der Waals surface area contributed by atoms with Crippen molar-refractivity contribution in [2.75, 3.05) is 39.3 Å². The van der Waals surface area contributed by atoms with Gasteiger partial charge in [0.1, 0.15) is 0 Å². The van der Waals surface area contributed by atoms with E-state index in [0.29, 0.717) is 0 Å².